The summed E-state index contributed by atoms with van der Waals surface area (Å²) in [7, 11) is -1.96. The molecule has 0 atom stereocenters. The summed E-state index contributed by atoms with van der Waals surface area (Å²) in [5, 5.41) is 5.66. The van der Waals surface area contributed by atoms with Gasteiger partial charge in [0.05, 0.1) is 10.1 Å². The second-order valence-electron chi connectivity index (χ2n) is 2.30. The SMILES string of the molecule is CNS(=O)(=O)c1[c]sc2c[c]sc12. The van der Waals surface area contributed by atoms with E-state index < -0.39 is 10.0 Å². The predicted octanol–water partition coefficient (Wildman–Crippen LogP) is 1.47. The van der Waals surface area contributed by atoms with Crippen molar-refractivity contribution in [1.82, 2.24) is 4.72 Å². The molecule has 0 unspecified atom stereocenters. The van der Waals surface area contributed by atoms with Crippen molar-refractivity contribution < 1.29 is 8.42 Å². The fraction of sp³-hybridized carbons (Fsp3) is 0.143. The molecule has 2 aromatic rings. The number of fused-ring (bicyclic) bond motifs is 1. The van der Waals surface area contributed by atoms with E-state index in [2.05, 4.69) is 15.5 Å². The predicted molar refractivity (Wildman–Crippen MR) is 53.6 cm³/mol. The molecule has 0 saturated carbocycles. The average molecular weight is 231 g/mol. The first kappa shape index (κ1) is 9.14. The molecule has 0 aliphatic heterocycles. The largest absolute Gasteiger partial charge is 0.243 e. The number of sulfonamides is 1. The van der Waals surface area contributed by atoms with Crippen LogP contribution >= 0.6 is 22.7 Å². The van der Waals surface area contributed by atoms with Crippen molar-refractivity contribution in [3.05, 3.63) is 16.8 Å². The lowest BCUT2D eigenvalue weighted by Gasteiger charge is -1.96. The normalized spacial score (nSPS) is 12.4. The maximum Gasteiger partial charge on any atom is 0.243 e. The van der Waals surface area contributed by atoms with Gasteiger partial charge in [0.25, 0.3) is 0 Å². The third-order valence-electron chi connectivity index (χ3n) is 1.57. The minimum absolute atomic E-state index is 0.237. The van der Waals surface area contributed by atoms with Gasteiger partial charge in [0.15, 0.2) is 0 Å². The van der Waals surface area contributed by atoms with Gasteiger partial charge in [-0.1, -0.05) is 0 Å². The van der Waals surface area contributed by atoms with Crippen LogP contribution in [0.25, 0.3) is 9.40 Å². The summed E-state index contributed by atoms with van der Waals surface area (Å²) in [6, 6.07) is 1.77. The molecule has 1 N–H and O–H groups in total. The van der Waals surface area contributed by atoms with E-state index in [0.29, 0.717) is 0 Å². The van der Waals surface area contributed by atoms with Crippen molar-refractivity contribution in [2.45, 2.75) is 4.90 Å². The highest BCUT2D eigenvalue weighted by atomic mass is 32.2. The van der Waals surface area contributed by atoms with Gasteiger partial charge in [-0.25, -0.2) is 13.1 Å². The van der Waals surface area contributed by atoms with E-state index in [1.54, 1.807) is 6.07 Å². The Kier molecular flexibility index (Phi) is 2.15. The third kappa shape index (κ3) is 1.39. The fourth-order valence-corrected chi connectivity index (χ4v) is 4.16. The average Bonchev–Trinajstić information content (AvgIpc) is 2.62. The highest BCUT2D eigenvalue weighted by Gasteiger charge is 2.18. The van der Waals surface area contributed by atoms with Gasteiger partial charge in [0, 0.05) is 10.1 Å². The number of rotatable bonds is 2. The van der Waals surface area contributed by atoms with E-state index in [-0.39, 0.29) is 4.90 Å². The van der Waals surface area contributed by atoms with Gasteiger partial charge < -0.3 is 0 Å². The van der Waals surface area contributed by atoms with Gasteiger partial charge in [0.2, 0.25) is 10.0 Å². The molecule has 0 spiro atoms. The van der Waals surface area contributed by atoms with Crippen molar-refractivity contribution in [2.75, 3.05) is 7.05 Å². The molecule has 13 heavy (non-hydrogen) atoms. The van der Waals surface area contributed by atoms with Crippen molar-refractivity contribution in [3.8, 4) is 0 Å². The smallest absolute Gasteiger partial charge is 0.214 e. The second-order valence-corrected chi connectivity index (χ2v) is 5.82. The molecule has 6 heteroatoms. The maximum absolute atomic E-state index is 11.4. The number of nitrogens with one attached hydrogen (secondary N) is 1. The van der Waals surface area contributed by atoms with E-state index in [0.717, 1.165) is 9.40 Å². The van der Waals surface area contributed by atoms with E-state index >= 15 is 0 Å². The molecule has 0 bridgehead atoms. The van der Waals surface area contributed by atoms with Crippen molar-refractivity contribution >= 4 is 42.1 Å². The molecule has 0 aliphatic rings. The zero-order chi connectivity index (χ0) is 9.47. The van der Waals surface area contributed by atoms with Crippen molar-refractivity contribution in [1.29, 1.82) is 0 Å². The molecular weight excluding hydrogens is 226 g/mol. The van der Waals surface area contributed by atoms with Crippen LogP contribution in [0.4, 0.5) is 0 Å². The molecule has 2 radical (unpaired) electrons. The molecule has 2 heterocycles. The van der Waals surface area contributed by atoms with Crippen LogP contribution in [0.2, 0.25) is 0 Å². The van der Waals surface area contributed by atoms with Gasteiger partial charge in [-0.3, -0.25) is 0 Å². The van der Waals surface area contributed by atoms with Gasteiger partial charge in [-0.05, 0) is 13.1 Å². The van der Waals surface area contributed by atoms with Crippen LogP contribution in [0.1, 0.15) is 0 Å². The molecule has 2 rings (SSSR count). The lowest BCUT2D eigenvalue weighted by atomic mass is 10.5. The van der Waals surface area contributed by atoms with Crippen molar-refractivity contribution in [3.63, 3.8) is 0 Å². The molecule has 0 fully saturated rings. The zero-order valence-electron chi connectivity index (χ0n) is 6.62. The summed E-state index contributed by atoms with van der Waals surface area (Å²) in [6.45, 7) is 0. The fourth-order valence-electron chi connectivity index (χ4n) is 0.918. The minimum atomic E-state index is -3.36. The zero-order valence-corrected chi connectivity index (χ0v) is 9.07. The monoisotopic (exact) mass is 231 g/mol. The highest BCUT2D eigenvalue weighted by Crippen LogP contribution is 2.32. The van der Waals surface area contributed by atoms with Crippen LogP contribution in [-0.4, -0.2) is 15.5 Å². The molecule has 68 valence electrons. The van der Waals surface area contributed by atoms with Crippen LogP contribution in [0.5, 0.6) is 0 Å². The third-order valence-corrected chi connectivity index (χ3v) is 5.05. The summed E-state index contributed by atoms with van der Waals surface area (Å²) in [6.07, 6.45) is 0. The quantitative estimate of drug-likeness (QED) is 0.850. The Morgan fingerprint density at radius 2 is 2.23 bits per heavy atom. The van der Waals surface area contributed by atoms with Gasteiger partial charge >= 0.3 is 0 Å². The lowest BCUT2D eigenvalue weighted by molar-refractivity contribution is 0.589. The number of thiophene rings is 2. The molecule has 2 aromatic heterocycles. The lowest BCUT2D eigenvalue weighted by Crippen LogP contribution is -2.17. The topological polar surface area (TPSA) is 46.2 Å². The van der Waals surface area contributed by atoms with E-state index in [1.165, 1.54) is 29.7 Å². The summed E-state index contributed by atoms with van der Waals surface area (Å²) in [5.41, 5.74) is 0. The first-order valence-electron chi connectivity index (χ1n) is 3.39. The Bertz CT molecular complexity index is 523. The Labute approximate surface area is 84.1 Å². The molecule has 0 amide bonds. The van der Waals surface area contributed by atoms with Crippen LogP contribution in [0.15, 0.2) is 11.0 Å². The number of hydrogen-bond donors (Lipinski definition) is 1. The Morgan fingerprint density at radius 1 is 1.46 bits per heavy atom. The van der Waals surface area contributed by atoms with E-state index in [1.807, 2.05) is 0 Å². The maximum atomic E-state index is 11.4. The Hall–Kier alpha value is -0.430. The molecule has 3 nitrogen and oxygen atoms in total. The number of hydrogen-bond acceptors (Lipinski definition) is 4. The van der Waals surface area contributed by atoms with Gasteiger partial charge in [-0.2, -0.15) is 0 Å². The van der Waals surface area contributed by atoms with Crippen LogP contribution in [0, 0.1) is 10.8 Å². The Balaban J connectivity index is 2.75. The molecule has 0 aliphatic carbocycles. The summed E-state index contributed by atoms with van der Waals surface area (Å²) in [4.78, 5) is 0.237. The molecule has 0 aromatic carbocycles. The molecule has 0 saturated heterocycles. The summed E-state index contributed by atoms with van der Waals surface area (Å²) < 4.78 is 26.8. The highest BCUT2D eigenvalue weighted by molar-refractivity contribution is 7.90. The Morgan fingerprint density at radius 3 is 2.92 bits per heavy atom. The van der Waals surface area contributed by atoms with E-state index in [4.69, 9.17) is 0 Å². The van der Waals surface area contributed by atoms with Crippen LogP contribution in [-0.2, 0) is 10.0 Å². The second kappa shape index (κ2) is 3.06. The van der Waals surface area contributed by atoms with E-state index in [9.17, 15) is 8.42 Å². The standard InChI is InChI=1S/C7H5NO2S3/c1-8-13(9,10)6-4-12-5-2-3-11-7(5)6/h2,8H,1H3. The van der Waals surface area contributed by atoms with Crippen LogP contribution < -0.4 is 4.72 Å². The first-order valence-corrected chi connectivity index (χ1v) is 6.50. The molecular formula is C7H5NO2S3. The van der Waals surface area contributed by atoms with Gasteiger partial charge in [0.1, 0.15) is 4.90 Å². The first-order chi connectivity index (χ1) is 6.15. The summed E-state index contributed by atoms with van der Waals surface area (Å²) in [5.74, 6) is 0. The minimum Gasteiger partial charge on any atom is -0.214 e. The van der Waals surface area contributed by atoms with Crippen LogP contribution in [0.3, 0.4) is 0 Å². The van der Waals surface area contributed by atoms with Crippen molar-refractivity contribution in [2.24, 2.45) is 0 Å². The van der Waals surface area contributed by atoms with Gasteiger partial charge in [-0.15, -0.1) is 22.7 Å². The summed E-state index contributed by atoms with van der Waals surface area (Å²) >= 11 is 2.60.